The summed E-state index contributed by atoms with van der Waals surface area (Å²) in [5.41, 5.74) is 0.133. The second-order valence-electron chi connectivity index (χ2n) is 13.8. The van der Waals surface area contributed by atoms with Gasteiger partial charge in [-0.3, -0.25) is 0 Å². The number of rotatable bonds is 11. The Bertz CT molecular complexity index is 900. The third kappa shape index (κ3) is 6.62. The van der Waals surface area contributed by atoms with E-state index in [4.69, 9.17) is 9.16 Å². The third-order valence-electron chi connectivity index (χ3n) is 9.50. The van der Waals surface area contributed by atoms with Crippen molar-refractivity contribution in [1.82, 2.24) is 0 Å². The van der Waals surface area contributed by atoms with Gasteiger partial charge in [0.15, 0.2) is 8.32 Å². The molecule has 1 N–H and O–H groups in total. The van der Waals surface area contributed by atoms with Crippen molar-refractivity contribution in [3.63, 3.8) is 0 Å². The number of hydrogen-bond donors (Lipinski definition) is 1. The van der Waals surface area contributed by atoms with Crippen molar-refractivity contribution in [1.29, 1.82) is 0 Å². The van der Waals surface area contributed by atoms with E-state index in [-0.39, 0.29) is 16.4 Å². The molecule has 1 saturated carbocycles. The number of hydrogen-bond acceptors (Lipinski definition) is 3. The van der Waals surface area contributed by atoms with Crippen molar-refractivity contribution >= 4 is 8.32 Å². The van der Waals surface area contributed by atoms with Crippen molar-refractivity contribution in [2.24, 2.45) is 35.0 Å². The van der Waals surface area contributed by atoms with E-state index >= 15 is 0 Å². The van der Waals surface area contributed by atoms with Gasteiger partial charge in [-0.25, -0.2) is 0 Å². The van der Waals surface area contributed by atoms with Crippen LogP contribution in [0.3, 0.4) is 0 Å². The molecule has 0 amide bonds. The highest BCUT2D eigenvalue weighted by Gasteiger charge is 2.55. The zero-order chi connectivity index (χ0) is 26.8. The molecule has 0 saturated heterocycles. The fraction of sp³-hybridized carbons (Fsp3) is 0.688. The van der Waals surface area contributed by atoms with Crippen LogP contribution in [-0.2, 0) is 15.8 Å². The predicted molar refractivity (Wildman–Crippen MR) is 154 cm³/mol. The summed E-state index contributed by atoms with van der Waals surface area (Å²) in [6.45, 7) is 22.9. The van der Waals surface area contributed by atoms with E-state index in [2.05, 4.69) is 98.0 Å². The van der Waals surface area contributed by atoms with Crippen LogP contribution in [0.1, 0.15) is 66.9 Å². The van der Waals surface area contributed by atoms with Gasteiger partial charge in [0.2, 0.25) is 0 Å². The van der Waals surface area contributed by atoms with Crippen LogP contribution in [0.4, 0.5) is 0 Å². The Morgan fingerprint density at radius 1 is 1.08 bits per heavy atom. The fourth-order valence-corrected chi connectivity index (χ4v) is 6.74. The summed E-state index contributed by atoms with van der Waals surface area (Å²) in [5, 5.41) is 12.1. The molecule has 1 aromatic carbocycles. The molecule has 2 bridgehead atoms. The lowest BCUT2D eigenvalue weighted by Gasteiger charge is -2.57. The van der Waals surface area contributed by atoms with Crippen molar-refractivity contribution in [3.05, 3.63) is 60.2 Å². The molecule has 3 aliphatic carbocycles. The van der Waals surface area contributed by atoms with E-state index in [0.29, 0.717) is 36.9 Å². The highest BCUT2D eigenvalue weighted by Crippen LogP contribution is 2.57. The quantitative estimate of drug-likeness (QED) is 0.241. The predicted octanol–water partition coefficient (Wildman–Crippen LogP) is 8.02. The van der Waals surface area contributed by atoms with E-state index in [1.165, 1.54) is 5.56 Å². The minimum atomic E-state index is -1.79. The van der Waals surface area contributed by atoms with Gasteiger partial charge in [-0.15, -0.1) is 0 Å². The minimum absolute atomic E-state index is 0.221. The zero-order valence-corrected chi connectivity index (χ0v) is 25.4. The Labute approximate surface area is 222 Å². The first kappa shape index (κ1) is 29.4. The molecule has 4 heteroatoms. The Balaban J connectivity index is 1.63. The van der Waals surface area contributed by atoms with E-state index in [1.54, 1.807) is 0 Å². The molecule has 0 spiro atoms. The maximum Gasteiger partial charge on any atom is 0.191 e. The molecule has 1 aromatic rings. The van der Waals surface area contributed by atoms with Crippen LogP contribution in [0.2, 0.25) is 18.1 Å². The molecule has 0 aromatic heterocycles. The van der Waals surface area contributed by atoms with Gasteiger partial charge in [-0.1, -0.05) is 103 Å². The van der Waals surface area contributed by atoms with E-state index in [1.807, 2.05) is 18.2 Å². The van der Waals surface area contributed by atoms with Gasteiger partial charge in [0, 0.05) is 12.0 Å². The molecule has 3 nitrogen and oxygen atoms in total. The van der Waals surface area contributed by atoms with Gasteiger partial charge in [0.1, 0.15) is 0 Å². The first-order valence-corrected chi connectivity index (χ1v) is 16.9. The summed E-state index contributed by atoms with van der Waals surface area (Å²) in [4.78, 5) is 0. The number of fused-ring (bicyclic) bond motifs is 2. The van der Waals surface area contributed by atoms with Crippen LogP contribution >= 0.6 is 0 Å². The summed E-state index contributed by atoms with van der Waals surface area (Å²) >= 11 is 0. The summed E-state index contributed by atoms with van der Waals surface area (Å²) in [5.74, 6) is 2.25. The first-order valence-electron chi connectivity index (χ1n) is 14.0. The Kier molecular flexibility index (Phi) is 9.19. The van der Waals surface area contributed by atoms with Gasteiger partial charge in [-0.05, 0) is 66.1 Å². The maximum atomic E-state index is 11.9. The zero-order valence-electron chi connectivity index (χ0n) is 24.4. The largest absolute Gasteiger partial charge is 0.417 e. The molecule has 4 rings (SSSR count). The Hall–Kier alpha value is -1.20. The average molecular weight is 513 g/mol. The molecule has 1 fully saturated rings. The Morgan fingerprint density at radius 2 is 1.75 bits per heavy atom. The summed E-state index contributed by atoms with van der Waals surface area (Å²) in [7, 11) is -1.79. The molecule has 0 aliphatic heterocycles. The van der Waals surface area contributed by atoms with Gasteiger partial charge in [0.05, 0.1) is 18.8 Å². The third-order valence-corrected chi connectivity index (χ3v) is 14.0. The number of aliphatic hydroxyl groups is 1. The summed E-state index contributed by atoms with van der Waals surface area (Å²) in [6.07, 6.45) is 10.8. The highest BCUT2D eigenvalue weighted by molar-refractivity contribution is 6.74. The van der Waals surface area contributed by atoms with Gasteiger partial charge < -0.3 is 14.3 Å². The Morgan fingerprint density at radius 3 is 2.33 bits per heavy atom. The lowest BCUT2D eigenvalue weighted by molar-refractivity contribution is -0.0996. The molecular weight excluding hydrogens is 460 g/mol. The molecule has 36 heavy (non-hydrogen) atoms. The summed E-state index contributed by atoms with van der Waals surface area (Å²) < 4.78 is 12.7. The molecule has 6 atom stereocenters. The first-order chi connectivity index (χ1) is 16.7. The molecule has 0 radical (unpaired) electrons. The van der Waals surface area contributed by atoms with Crippen LogP contribution in [0, 0.1) is 35.0 Å². The van der Waals surface area contributed by atoms with Crippen molar-refractivity contribution < 1.29 is 14.3 Å². The highest BCUT2D eigenvalue weighted by atomic mass is 28.4. The van der Waals surface area contributed by atoms with E-state index in [9.17, 15) is 5.11 Å². The van der Waals surface area contributed by atoms with Gasteiger partial charge in [0.25, 0.3) is 0 Å². The monoisotopic (exact) mass is 512 g/mol. The average Bonchev–Trinajstić information content (AvgIpc) is 2.79. The van der Waals surface area contributed by atoms with Crippen LogP contribution in [0.5, 0.6) is 0 Å². The minimum Gasteiger partial charge on any atom is -0.417 e. The summed E-state index contributed by atoms with van der Waals surface area (Å²) in [6, 6.07) is 10.3. The second-order valence-corrected chi connectivity index (χ2v) is 18.6. The van der Waals surface area contributed by atoms with Gasteiger partial charge >= 0.3 is 0 Å². The lowest BCUT2D eigenvalue weighted by atomic mass is 9.51. The molecular formula is C32H52O3Si. The van der Waals surface area contributed by atoms with Crippen molar-refractivity contribution in [2.45, 2.75) is 91.6 Å². The van der Waals surface area contributed by atoms with Gasteiger partial charge in [-0.2, -0.15) is 0 Å². The van der Waals surface area contributed by atoms with Crippen LogP contribution in [-0.4, -0.2) is 32.2 Å². The van der Waals surface area contributed by atoms with Crippen LogP contribution in [0.25, 0.3) is 0 Å². The number of allylic oxidation sites excluding steroid dienone is 1. The molecule has 3 aliphatic rings. The van der Waals surface area contributed by atoms with E-state index < -0.39 is 13.9 Å². The second kappa shape index (κ2) is 11.3. The van der Waals surface area contributed by atoms with Crippen LogP contribution < -0.4 is 0 Å². The van der Waals surface area contributed by atoms with Crippen molar-refractivity contribution in [3.8, 4) is 0 Å². The standard InChI is InChI=1S/C32H52O3Si/c1-24(2)29(23-35-36(8,9)30(4,5)6)28-20-31(7)17-16-27(28)19-32(31,33)18-15-25(3)21-34-22-26-13-11-10-12-14-26/h10-18,24-25,27-29,33H,19-23H2,1-9H3/b18-15+/t25-,27+,28+,29+,31+,32+/m0/s1. The fourth-order valence-electron chi connectivity index (χ4n) is 5.70. The molecule has 202 valence electrons. The topological polar surface area (TPSA) is 38.7 Å². The maximum absolute atomic E-state index is 11.9. The molecule has 0 unspecified atom stereocenters. The van der Waals surface area contributed by atoms with Crippen LogP contribution in [0.15, 0.2) is 54.6 Å². The van der Waals surface area contributed by atoms with E-state index in [0.717, 1.165) is 19.4 Å². The SMILES string of the molecule is CC(C)[C@@H](CO[Si](C)(C)C(C)(C)C)[C@@H]1C[C@@]2(C)C=C[C@@H]1C[C@]2(O)/C=C/[C@H](C)COCc1ccccc1. The smallest absolute Gasteiger partial charge is 0.191 e. The lowest BCUT2D eigenvalue weighted by Crippen LogP contribution is -2.56. The molecule has 0 heterocycles. The van der Waals surface area contributed by atoms with Crippen molar-refractivity contribution in [2.75, 3.05) is 13.2 Å². The number of ether oxygens (including phenoxy) is 1. The number of benzene rings is 1. The normalized spacial score (nSPS) is 30.3.